The number of aryl methyl sites for hydroxylation is 1. The van der Waals surface area contributed by atoms with Gasteiger partial charge in [0.15, 0.2) is 5.82 Å². The molecule has 2 rings (SSSR count). The van der Waals surface area contributed by atoms with Gasteiger partial charge in [0.05, 0.1) is 0 Å². The number of hydrogen-bond acceptors (Lipinski definition) is 3. The van der Waals surface area contributed by atoms with E-state index in [0.29, 0.717) is 6.04 Å². The first-order valence-corrected chi connectivity index (χ1v) is 5.74. The molecule has 17 heavy (non-hydrogen) atoms. The largest absolute Gasteiger partial charge is 0.399 e. The molecule has 0 spiro atoms. The van der Waals surface area contributed by atoms with Crippen LogP contribution in [0.3, 0.4) is 0 Å². The predicted octanol–water partition coefficient (Wildman–Crippen LogP) is 3.10. The van der Waals surface area contributed by atoms with Crippen LogP contribution in [0.25, 0.3) is 0 Å². The maximum Gasteiger partial charge on any atom is 0.152 e. The van der Waals surface area contributed by atoms with Gasteiger partial charge in [-0.1, -0.05) is 0 Å². The smallest absolute Gasteiger partial charge is 0.152 e. The topological polar surface area (TPSA) is 55.9 Å². The summed E-state index contributed by atoms with van der Waals surface area (Å²) in [6, 6.07) is 8.14. The lowest BCUT2D eigenvalue weighted by Crippen LogP contribution is -2.02. The molecule has 0 atom stereocenters. The van der Waals surface area contributed by atoms with Crippen LogP contribution in [0.5, 0.6) is 0 Å². The van der Waals surface area contributed by atoms with E-state index in [0.717, 1.165) is 22.8 Å². The van der Waals surface area contributed by atoms with Crippen LogP contribution in [0.1, 0.15) is 25.5 Å². The molecule has 1 heterocycles. The SMILES string of the molecule is Cc1cc(N)ccc1Nc1ccn(C(C)C)n1. The molecule has 4 heteroatoms. The molecule has 0 amide bonds. The minimum Gasteiger partial charge on any atom is -0.399 e. The molecule has 1 aromatic heterocycles. The number of nitrogens with zero attached hydrogens (tertiary/aromatic N) is 2. The summed E-state index contributed by atoms with van der Waals surface area (Å²) in [5.41, 5.74) is 8.65. The Bertz CT molecular complexity index is 514. The van der Waals surface area contributed by atoms with Crippen LogP contribution in [0.4, 0.5) is 17.2 Å². The first kappa shape index (κ1) is 11.5. The lowest BCUT2D eigenvalue weighted by molar-refractivity contribution is 0.534. The number of nitrogens with two attached hydrogens (primary N) is 1. The van der Waals surface area contributed by atoms with E-state index in [1.165, 1.54) is 0 Å². The van der Waals surface area contributed by atoms with Crippen LogP contribution in [0, 0.1) is 6.92 Å². The maximum atomic E-state index is 5.72. The highest BCUT2D eigenvalue weighted by atomic mass is 15.3. The third kappa shape index (κ3) is 2.58. The number of nitrogen functional groups attached to an aromatic ring is 1. The zero-order valence-electron chi connectivity index (χ0n) is 10.4. The molecule has 4 nitrogen and oxygen atoms in total. The fourth-order valence-electron chi connectivity index (χ4n) is 1.66. The van der Waals surface area contributed by atoms with E-state index >= 15 is 0 Å². The second-order valence-corrected chi connectivity index (χ2v) is 4.47. The second-order valence-electron chi connectivity index (χ2n) is 4.47. The Labute approximate surface area is 101 Å². The summed E-state index contributed by atoms with van der Waals surface area (Å²) in [4.78, 5) is 0. The summed E-state index contributed by atoms with van der Waals surface area (Å²) in [7, 11) is 0. The Balaban J connectivity index is 2.19. The molecule has 0 aliphatic heterocycles. The molecule has 0 unspecified atom stereocenters. The number of nitrogens with one attached hydrogen (secondary N) is 1. The van der Waals surface area contributed by atoms with E-state index in [1.54, 1.807) is 0 Å². The van der Waals surface area contributed by atoms with Gasteiger partial charge in [-0.25, -0.2) is 0 Å². The molecule has 1 aromatic carbocycles. The van der Waals surface area contributed by atoms with Crippen molar-refractivity contribution in [3.8, 4) is 0 Å². The van der Waals surface area contributed by atoms with Gasteiger partial charge in [0, 0.05) is 29.7 Å². The van der Waals surface area contributed by atoms with Crippen molar-refractivity contribution in [1.29, 1.82) is 0 Å². The van der Waals surface area contributed by atoms with Crippen molar-refractivity contribution in [2.45, 2.75) is 26.8 Å². The van der Waals surface area contributed by atoms with Crippen molar-refractivity contribution < 1.29 is 0 Å². The molecule has 0 fully saturated rings. The fraction of sp³-hybridized carbons (Fsp3) is 0.308. The van der Waals surface area contributed by atoms with Crippen molar-refractivity contribution in [1.82, 2.24) is 9.78 Å². The fourth-order valence-corrected chi connectivity index (χ4v) is 1.66. The van der Waals surface area contributed by atoms with Gasteiger partial charge in [-0.15, -0.1) is 0 Å². The van der Waals surface area contributed by atoms with Gasteiger partial charge < -0.3 is 11.1 Å². The third-order valence-corrected chi connectivity index (χ3v) is 2.65. The van der Waals surface area contributed by atoms with Gasteiger partial charge in [0.25, 0.3) is 0 Å². The molecule has 2 aromatic rings. The average Bonchev–Trinajstić information content (AvgIpc) is 2.71. The number of anilines is 3. The monoisotopic (exact) mass is 230 g/mol. The van der Waals surface area contributed by atoms with Gasteiger partial charge in [-0.2, -0.15) is 5.10 Å². The second kappa shape index (κ2) is 4.49. The standard InChI is InChI=1S/C13H18N4/c1-9(2)17-7-6-13(16-17)15-12-5-4-11(14)8-10(12)3/h4-9H,14H2,1-3H3,(H,15,16). The molecule has 0 bridgehead atoms. The van der Waals surface area contributed by atoms with E-state index < -0.39 is 0 Å². The molecule has 0 saturated carbocycles. The zero-order valence-corrected chi connectivity index (χ0v) is 10.4. The Morgan fingerprint density at radius 2 is 2.06 bits per heavy atom. The van der Waals surface area contributed by atoms with Crippen LogP contribution in [-0.4, -0.2) is 9.78 Å². The summed E-state index contributed by atoms with van der Waals surface area (Å²) in [5.74, 6) is 0.853. The Morgan fingerprint density at radius 3 is 2.65 bits per heavy atom. The number of hydrogen-bond donors (Lipinski definition) is 2. The van der Waals surface area contributed by atoms with Gasteiger partial charge in [-0.05, 0) is 44.5 Å². The maximum absolute atomic E-state index is 5.72. The van der Waals surface area contributed by atoms with Crippen molar-refractivity contribution in [2.24, 2.45) is 0 Å². The van der Waals surface area contributed by atoms with Gasteiger partial charge >= 0.3 is 0 Å². The molecule has 0 saturated heterocycles. The van der Waals surface area contributed by atoms with Crippen LogP contribution >= 0.6 is 0 Å². The molecule has 3 N–H and O–H groups in total. The molecule has 90 valence electrons. The normalized spacial score (nSPS) is 10.8. The van der Waals surface area contributed by atoms with Crippen LogP contribution in [-0.2, 0) is 0 Å². The van der Waals surface area contributed by atoms with Crippen molar-refractivity contribution >= 4 is 17.2 Å². The van der Waals surface area contributed by atoms with Gasteiger partial charge in [0.1, 0.15) is 0 Å². The minimum atomic E-state index is 0.373. The van der Waals surface area contributed by atoms with E-state index in [1.807, 2.05) is 42.1 Å². The van der Waals surface area contributed by atoms with E-state index in [-0.39, 0.29) is 0 Å². The molecule has 0 aliphatic rings. The summed E-state index contributed by atoms with van der Waals surface area (Å²) >= 11 is 0. The van der Waals surface area contributed by atoms with E-state index in [9.17, 15) is 0 Å². The lowest BCUT2D eigenvalue weighted by atomic mass is 10.2. The number of aromatic nitrogens is 2. The number of benzene rings is 1. The van der Waals surface area contributed by atoms with Crippen LogP contribution in [0.15, 0.2) is 30.5 Å². The van der Waals surface area contributed by atoms with E-state index in [2.05, 4.69) is 24.3 Å². The quantitative estimate of drug-likeness (QED) is 0.797. The van der Waals surface area contributed by atoms with E-state index in [4.69, 9.17) is 5.73 Å². The van der Waals surface area contributed by atoms with Crippen LogP contribution < -0.4 is 11.1 Å². The highest BCUT2D eigenvalue weighted by molar-refractivity contribution is 5.63. The van der Waals surface area contributed by atoms with Gasteiger partial charge in [0.2, 0.25) is 0 Å². The summed E-state index contributed by atoms with van der Waals surface area (Å²) < 4.78 is 1.93. The highest BCUT2D eigenvalue weighted by Crippen LogP contribution is 2.21. The first-order valence-electron chi connectivity index (χ1n) is 5.74. The lowest BCUT2D eigenvalue weighted by Gasteiger charge is -2.08. The molecule has 0 radical (unpaired) electrons. The molecular weight excluding hydrogens is 212 g/mol. The molecule has 0 aliphatic carbocycles. The summed E-state index contributed by atoms with van der Waals surface area (Å²) in [5, 5.41) is 7.73. The van der Waals surface area contributed by atoms with Crippen molar-refractivity contribution in [2.75, 3.05) is 11.1 Å². The Kier molecular flexibility index (Phi) is 3.04. The Morgan fingerprint density at radius 1 is 1.29 bits per heavy atom. The van der Waals surface area contributed by atoms with Crippen molar-refractivity contribution in [3.63, 3.8) is 0 Å². The van der Waals surface area contributed by atoms with Crippen LogP contribution in [0.2, 0.25) is 0 Å². The number of rotatable bonds is 3. The third-order valence-electron chi connectivity index (χ3n) is 2.65. The predicted molar refractivity (Wildman–Crippen MR) is 71.5 cm³/mol. The highest BCUT2D eigenvalue weighted by Gasteiger charge is 2.04. The zero-order chi connectivity index (χ0) is 12.4. The minimum absolute atomic E-state index is 0.373. The van der Waals surface area contributed by atoms with Gasteiger partial charge in [-0.3, -0.25) is 4.68 Å². The Hall–Kier alpha value is -1.97. The van der Waals surface area contributed by atoms with Crippen molar-refractivity contribution in [3.05, 3.63) is 36.0 Å². The summed E-state index contributed by atoms with van der Waals surface area (Å²) in [6.07, 6.45) is 1.97. The molecular formula is C13H18N4. The summed E-state index contributed by atoms with van der Waals surface area (Å²) in [6.45, 7) is 6.23. The first-order chi connectivity index (χ1) is 8.06. The average molecular weight is 230 g/mol.